The van der Waals surface area contributed by atoms with Crippen LogP contribution in [0.4, 0.5) is 0 Å². The molecule has 0 heterocycles. The molecule has 0 aliphatic heterocycles. The number of benzene rings is 2. The van der Waals surface area contributed by atoms with Crippen molar-refractivity contribution in [2.24, 2.45) is 5.10 Å². The fourth-order valence-corrected chi connectivity index (χ4v) is 1.88. The Kier molecular flexibility index (Phi) is 6.00. The van der Waals surface area contributed by atoms with Gasteiger partial charge >= 0.3 is 0 Å². The van der Waals surface area contributed by atoms with Crippen molar-refractivity contribution < 1.29 is 14.3 Å². The van der Waals surface area contributed by atoms with E-state index in [1.807, 2.05) is 31.2 Å². The zero-order valence-electron chi connectivity index (χ0n) is 12.9. The lowest BCUT2D eigenvalue weighted by atomic mass is 10.1. The second-order valence-corrected chi connectivity index (χ2v) is 5.14. The molecule has 6 heteroatoms. The summed E-state index contributed by atoms with van der Waals surface area (Å²) in [6, 6.07) is 14.2. The van der Waals surface area contributed by atoms with E-state index in [-0.39, 0.29) is 12.5 Å². The Labute approximate surface area is 139 Å². The van der Waals surface area contributed by atoms with Gasteiger partial charge < -0.3 is 9.47 Å². The number of hydrogen-bond donors (Lipinski definition) is 1. The first kappa shape index (κ1) is 16.8. The molecule has 0 saturated carbocycles. The molecule has 0 aliphatic carbocycles. The molecule has 0 unspecified atom stereocenters. The van der Waals surface area contributed by atoms with Crippen molar-refractivity contribution in [1.82, 2.24) is 5.43 Å². The highest BCUT2D eigenvalue weighted by Crippen LogP contribution is 2.15. The minimum atomic E-state index is -0.340. The summed E-state index contributed by atoms with van der Waals surface area (Å²) in [5.74, 6) is 0.996. The summed E-state index contributed by atoms with van der Waals surface area (Å²) >= 11 is 5.78. The van der Waals surface area contributed by atoms with Crippen molar-refractivity contribution in [2.75, 3.05) is 13.7 Å². The molecule has 0 spiro atoms. The number of ether oxygens (including phenoxy) is 2. The van der Waals surface area contributed by atoms with Crippen LogP contribution in [-0.4, -0.2) is 25.3 Å². The summed E-state index contributed by atoms with van der Waals surface area (Å²) in [5.41, 5.74) is 4.04. The number of carbonyl (C=O) groups is 1. The van der Waals surface area contributed by atoms with Crippen molar-refractivity contribution in [3.63, 3.8) is 0 Å². The number of carbonyl (C=O) groups excluding carboxylic acids is 1. The summed E-state index contributed by atoms with van der Waals surface area (Å²) < 4.78 is 10.4. The summed E-state index contributed by atoms with van der Waals surface area (Å²) in [6.45, 7) is 1.68. The summed E-state index contributed by atoms with van der Waals surface area (Å²) in [7, 11) is 1.61. The van der Waals surface area contributed by atoms with Crippen molar-refractivity contribution in [3.05, 3.63) is 59.1 Å². The molecular weight excluding hydrogens is 316 g/mol. The molecule has 0 bridgehead atoms. The number of nitrogens with one attached hydrogen (secondary N) is 1. The van der Waals surface area contributed by atoms with Gasteiger partial charge in [-0.3, -0.25) is 4.79 Å². The van der Waals surface area contributed by atoms with Gasteiger partial charge in [-0.1, -0.05) is 11.6 Å². The highest BCUT2D eigenvalue weighted by molar-refractivity contribution is 6.30. The van der Waals surface area contributed by atoms with E-state index in [9.17, 15) is 4.79 Å². The van der Waals surface area contributed by atoms with Crippen molar-refractivity contribution in [2.45, 2.75) is 6.92 Å². The molecule has 0 atom stereocenters. The maximum atomic E-state index is 11.7. The van der Waals surface area contributed by atoms with E-state index < -0.39 is 0 Å². The predicted octanol–water partition coefficient (Wildman–Crippen LogP) is 3.27. The fraction of sp³-hybridized carbons (Fsp3) is 0.176. The Balaban J connectivity index is 1.85. The van der Waals surface area contributed by atoms with E-state index in [1.165, 1.54) is 0 Å². The summed E-state index contributed by atoms with van der Waals surface area (Å²) in [4.78, 5) is 11.7. The zero-order chi connectivity index (χ0) is 16.7. The van der Waals surface area contributed by atoms with Crippen LogP contribution in [0.5, 0.6) is 11.5 Å². The number of rotatable bonds is 6. The van der Waals surface area contributed by atoms with Gasteiger partial charge in [-0.15, -0.1) is 0 Å². The maximum Gasteiger partial charge on any atom is 0.277 e. The first-order chi connectivity index (χ1) is 11.1. The molecule has 0 aliphatic rings. The molecule has 5 nitrogen and oxygen atoms in total. The fourth-order valence-electron chi connectivity index (χ4n) is 1.75. The largest absolute Gasteiger partial charge is 0.497 e. The molecule has 0 radical (unpaired) electrons. The van der Waals surface area contributed by atoms with Gasteiger partial charge in [0.1, 0.15) is 11.5 Å². The third kappa shape index (κ3) is 5.30. The van der Waals surface area contributed by atoms with Gasteiger partial charge in [-0.05, 0) is 61.0 Å². The lowest BCUT2D eigenvalue weighted by Gasteiger charge is -2.06. The molecule has 23 heavy (non-hydrogen) atoms. The minimum Gasteiger partial charge on any atom is -0.497 e. The zero-order valence-corrected chi connectivity index (χ0v) is 13.6. The molecule has 1 N–H and O–H groups in total. The van der Waals surface area contributed by atoms with Gasteiger partial charge in [0.05, 0.1) is 12.8 Å². The molecule has 120 valence electrons. The second-order valence-electron chi connectivity index (χ2n) is 4.70. The van der Waals surface area contributed by atoms with Crippen LogP contribution in [0.1, 0.15) is 12.5 Å². The van der Waals surface area contributed by atoms with E-state index in [0.29, 0.717) is 16.5 Å². The smallest absolute Gasteiger partial charge is 0.277 e. The average Bonchev–Trinajstić information content (AvgIpc) is 2.59. The highest BCUT2D eigenvalue weighted by atomic mass is 35.5. The van der Waals surface area contributed by atoms with E-state index in [0.717, 1.165) is 11.3 Å². The SMILES string of the molecule is COc1ccc(/C(C)=N\NC(=O)COc2ccc(Cl)cc2)cc1. The number of methoxy groups -OCH3 is 1. The third-order valence-corrected chi connectivity index (χ3v) is 3.29. The molecule has 2 aromatic carbocycles. The van der Waals surface area contributed by atoms with Crippen LogP contribution in [0, 0.1) is 0 Å². The number of amides is 1. The Morgan fingerprint density at radius 3 is 2.30 bits per heavy atom. The Morgan fingerprint density at radius 1 is 1.09 bits per heavy atom. The number of halogens is 1. The highest BCUT2D eigenvalue weighted by Gasteiger charge is 2.03. The standard InChI is InChI=1S/C17H17ClN2O3/c1-12(13-3-7-15(22-2)8-4-13)19-20-17(21)11-23-16-9-5-14(18)6-10-16/h3-10H,11H2,1-2H3,(H,20,21)/b19-12-. The topological polar surface area (TPSA) is 59.9 Å². The average molecular weight is 333 g/mol. The lowest BCUT2D eigenvalue weighted by Crippen LogP contribution is -2.25. The van der Waals surface area contributed by atoms with Crippen LogP contribution in [0.3, 0.4) is 0 Å². The monoisotopic (exact) mass is 332 g/mol. The van der Waals surface area contributed by atoms with Gasteiger partial charge in [0.25, 0.3) is 5.91 Å². The molecule has 0 saturated heterocycles. The van der Waals surface area contributed by atoms with Crippen molar-refractivity contribution >= 4 is 23.2 Å². The van der Waals surface area contributed by atoms with Crippen LogP contribution in [0.25, 0.3) is 0 Å². The van der Waals surface area contributed by atoms with Crippen LogP contribution < -0.4 is 14.9 Å². The lowest BCUT2D eigenvalue weighted by molar-refractivity contribution is -0.123. The Morgan fingerprint density at radius 2 is 1.70 bits per heavy atom. The first-order valence-corrected chi connectivity index (χ1v) is 7.32. The summed E-state index contributed by atoms with van der Waals surface area (Å²) in [5, 5.41) is 4.66. The van der Waals surface area contributed by atoms with Crippen molar-refractivity contribution in [3.8, 4) is 11.5 Å². The number of nitrogens with zero attached hydrogens (tertiary/aromatic N) is 1. The molecule has 0 fully saturated rings. The molecule has 1 amide bonds. The molecule has 0 aromatic heterocycles. The van der Waals surface area contributed by atoms with Crippen LogP contribution in [0.15, 0.2) is 53.6 Å². The van der Waals surface area contributed by atoms with E-state index in [2.05, 4.69) is 10.5 Å². The van der Waals surface area contributed by atoms with Crippen molar-refractivity contribution in [1.29, 1.82) is 0 Å². The molecular formula is C17H17ClN2O3. The Bertz CT molecular complexity index is 682. The first-order valence-electron chi connectivity index (χ1n) is 6.94. The van der Waals surface area contributed by atoms with Gasteiger partial charge in [-0.2, -0.15) is 5.10 Å². The minimum absolute atomic E-state index is 0.124. The number of hydrogen-bond acceptors (Lipinski definition) is 4. The second kappa shape index (κ2) is 8.19. The molecule has 2 aromatic rings. The van der Waals surface area contributed by atoms with Crippen LogP contribution in [0.2, 0.25) is 5.02 Å². The van der Waals surface area contributed by atoms with Gasteiger partial charge in [0, 0.05) is 5.02 Å². The van der Waals surface area contributed by atoms with E-state index >= 15 is 0 Å². The van der Waals surface area contributed by atoms with Crippen LogP contribution in [-0.2, 0) is 4.79 Å². The maximum absolute atomic E-state index is 11.7. The quantitative estimate of drug-likeness (QED) is 0.652. The number of hydrazone groups is 1. The van der Waals surface area contributed by atoms with Gasteiger partial charge in [0.15, 0.2) is 6.61 Å². The third-order valence-electron chi connectivity index (χ3n) is 3.04. The van der Waals surface area contributed by atoms with E-state index in [4.69, 9.17) is 21.1 Å². The van der Waals surface area contributed by atoms with Gasteiger partial charge in [0.2, 0.25) is 0 Å². The predicted molar refractivity (Wildman–Crippen MR) is 90.3 cm³/mol. The van der Waals surface area contributed by atoms with Crippen LogP contribution >= 0.6 is 11.6 Å². The summed E-state index contributed by atoms with van der Waals surface area (Å²) in [6.07, 6.45) is 0. The normalized spacial score (nSPS) is 11.0. The Hall–Kier alpha value is -2.53. The van der Waals surface area contributed by atoms with E-state index in [1.54, 1.807) is 31.4 Å². The molecule has 2 rings (SSSR count). The van der Waals surface area contributed by atoms with Gasteiger partial charge in [-0.25, -0.2) is 5.43 Å².